The molecule has 0 saturated carbocycles. The number of fused-ring (bicyclic) bond motifs is 1. The minimum Gasteiger partial charge on any atom is -0.342 e. The molecule has 0 radical (unpaired) electrons. The Morgan fingerprint density at radius 2 is 1.66 bits per heavy atom. The van der Waals surface area contributed by atoms with Gasteiger partial charge in [-0.3, -0.25) is 9.59 Å². The van der Waals surface area contributed by atoms with Crippen LogP contribution in [0.5, 0.6) is 0 Å². The number of piperidine rings is 2. The Labute approximate surface area is 191 Å². The van der Waals surface area contributed by atoms with Gasteiger partial charge in [0.2, 0.25) is 21.8 Å². The molecule has 0 N–H and O–H groups in total. The van der Waals surface area contributed by atoms with Gasteiger partial charge >= 0.3 is 0 Å². The van der Waals surface area contributed by atoms with Gasteiger partial charge in [0.25, 0.3) is 0 Å². The molecule has 0 spiro atoms. The van der Waals surface area contributed by atoms with Crippen LogP contribution < -0.4 is 4.90 Å². The first kappa shape index (κ1) is 23.2. The molecule has 32 heavy (non-hydrogen) atoms. The number of anilines is 1. The zero-order valence-corrected chi connectivity index (χ0v) is 20.6. The molecule has 3 heterocycles. The lowest BCUT2D eigenvalue weighted by atomic mass is 9.86. The predicted molar refractivity (Wildman–Crippen MR) is 124 cm³/mol. The summed E-state index contributed by atoms with van der Waals surface area (Å²) in [6.45, 7) is 10.3. The largest absolute Gasteiger partial charge is 0.342 e. The van der Waals surface area contributed by atoms with Crippen LogP contribution in [0.3, 0.4) is 0 Å². The highest BCUT2D eigenvalue weighted by atomic mass is 32.2. The van der Waals surface area contributed by atoms with E-state index in [1.807, 2.05) is 18.7 Å². The zero-order chi connectivity index (χ0) is 23.4. The molecule has 1 aromatic rings. The van der Waals surface area contributed by atoms with E-state index in [1.54, 1.807) is 30.1 Å². The molecule has 2 fully saturated rings. The number of carbonyl (C=O) groups excluding carboxylic acids is 2. The number of sulfonamides is 1. The molecule has 3 aliphatic rings. The summed E-state index contributed by atoms with van der Waals surface area (Å²) in [7, 11) is -1.96. The average Bonchev–Trinajstić information content (AvgIpc) is 2.92. The third-order valence-corrected chi connectivity index (χ3v) is 9.36. The molecule has 176 valence electrons. The zero-order valence-electron chi connectivity index (χ0n) is 19.8. The monoisotopic (exact) mass is 461 g/mol. The topological polar surface area (TPSA) is 78.0 Å². The van der Waals surface area contributed by atoms with Crippen LogP contribution in [-0.2, 0) is 25.0 Å². The summed E-state index contributed by atoms with van der Waals surface area (Å²) in [6.07, 6.45) is 2.25. The quantitative estimate of drug-likeness (QED) is 0.694. The van der Waals surface area contributed by atoms with Crippen molar-refractivity contribution in [3.8, 4) is 0 Å². The van der Waals surface area contributed by atoms with Crippen molar-refractivity contribution in [3.63, 3.8) is 0 Å². The molecular weight excluding hydrogens is 426 g/mol. The van der Waals surface area contributed by atoms with Crippen molar-refractivity contribution in [1.29, 1.82) is 0 Å². The first-order valence-electron chi connectivity index (χ1n) is 11.6. The molecule has 4 rings (SSSR count). The normalized spacial score (nSPS) is 27.0. The Morgan fingerprint density at radius 3 is 2.25 bits per heavy atom. The molecule has 2 amide bonds. The summed E-state index contributed by atoms with van der Waals surface area (Å²) in [5, 5.41) is 0. The Hall–Kier alpha value is -1.93. The van der Waals surface area contributed by atoms with Crippen LogP contribution in [0.4, 0.5) is 5.69 Å². The molecule has 0 aliphatic carbocycles. The Bertz CT molecular complexity index is 1020. The molecule has 0 aromatic heterocycles. The number of benzene rings is 1. The highest BCUT2D eigenvalue weighted by molar-refractivity contribution is 7.89. The number of likely N-dealkylation sites (N-methyl/N-ethyl adjacent to an activating group) is 1. The smallest absolute Gasteiger partial charge is 0.243 e. The van der Waals surface area contributed by atoms with Gasteiger partial charge in [-0.1, -0.05) is 13.8 Å². The van der Waals surface area contributed by atoms with E-state index in [0.29, 0.717) is 37.8 Å². The van der Waals surface area contributed by atoms with Crippen molar-refractivity contribution in [2.45, 2.75) is 57.3 Å². The molecule has 7 nitrogen and oxygen atoms in total. The Morgan fingerprint density at radius 1 is 1.06 bits per heavy atom. The summed E-state index contributed by atoms with van der Waals surface area (Å²) in [6, 6.07) is 4.97. The third kappa shape index (κ3) is 3.85. The van der Waals surface area contributed by atoms with E-state index >= 15 is 0 Å². The predicted octanol–water partition coefficient (Wildman–Crippen LogP) is 2.85. The van der Waals surface area contributed by atoms with E-state index in [-0.39, 0.29) is 22.6 Å². The van der Waals surface area contributed by atoms with Crippen molar-refractivity contribution in [3.05, 3.63) is 23.8 Å². The third-order valence-electron chi connectivity index (χ3n) is 7.46. The van der Waals surface area contributed by atoms with Crippen LogP contribution in [-0.4, -0.2) is 62.7 Å². The first-order valence-corrected chi connectivity index (χ1v) is 13.1. The van der Waals surface area contributed by atoms with E-state index in [4.69, 9.17) is 0 Å². The van der Waals surface area contributed by atoms with Crippen LogP contribution in [0.15, 0.2) is 23.1 Å². The van der Waals surface area contributed by atoms with Crippen LogP contribution in [0.1, 0.15) is 52.5 Å². The van der Waals surface area contributed by atoms with Gasteiger partial charge in [-0.25, -0.2) is 8.42 Å². The van der Waals surface area contributed by atoms with Gasteiger partial charge in [-0.05, 0) is 68.7 Å². The van der Waals surface area contributed by atoms with Crippen molar-refractivity contribution in [2.24, 2.45) is 17.8 Å². The lowest BCUT2D eigenvalue weighted by Gasteiger charge is -2.39. The van der Waals surface area contributed by atoms with Crippen LogP contribution in [0.2, 0.25) is 0 Å². The number of hydrogen-bond donors (Lipinski definition) is 0. The fraction of sp³-hybridized carbons (Fsp3) is 0.667. The molecule has 0 bridgehead atoms. The molecule has 2 unspecified atom stereocenters. The van der Waals surface area contributed by atoms with Crippen LogP contribution in [0.25, 0.3) is 0 Å². The Kier molecular flexibility index (Phi) is 5.91. The number of carbonyl (C=O) groups is 2. The van der Waals surface area contributed by atoms with Gasteiger partial charge in [0.1, 0.15) is 0 Å². The minimum absolute atomic E-state index is 0.0391. The van der Waals surface area contributed by atoms with Crippen molar-refractivity contribution < 1.29 is 18.0 Å². The van der Waals surface area contributed by atoms with Crippen molar-refractivity contribution >= 4 is 27.5 Å². The van der Waals surface area contributed by atoms with E-state index in [9.17, 15) is 18.0 Å². The number of amides is 2. The van der Waals surface area contributed by atoms with Crippen molar-refractivity contribution in [2.75, 3.05) is 38.1 Å². The lowest BCUT2D eigenvalue weighted by molar-refractivity contribution is -0.139. The molecule has 3 aliphatic heterocycles. The molecule has 2 atom stereocenters. The summed E-state index contributed by atoms with van der Waals surface area (Å²) in [4.78, 5) is 29.4. The molecular formula is C24H35N3O4S. The second kappa shape index (κ2) is 8.13. The summed E-state index contributed by atoms with van der Waals surface area (Å²) in [5.74, 6) is 1.06. The van der Waals surface area contributed by atoms with E-state index in [2.05, 4.69) is 13.8 Å². The molecule has 2 saturated heterocycles. The maximum Gasteiger partial charge on any atom is 0.243 e. The maximum atomic E-state index is 13.4. The van der Waals surface area contributed by atoms with Gasteiger partial charge in [0, 0.05) is 44.8 Å². The highest BCUT2D eigenvalue weighted by Gasteiger charge is 2.43. The fourth-order valence-corrected chi connectivity index (χ4v) is 7.20. The fourth-order valence-electron chi connectivity index (χ4n) is 5.71. The standard InChI is InChI=1S/C24H35N3O4S/c1-16-12-17(2)15-26(14-16)22(28)18-8-10-27(11-9-18)32(30,31)19-6-7-21-20(13-19)24(3,4)23(29)25(21)5/h6-7,13,16-18H,8-12,14-15H2,1-5H3. The van der Waals surface area contributed by atoms with Gasteiger partial charge < -0.3 is 9.80 Å². The minimum atomic E-state index is -3.68. The highest BCUT2D eigenvalue weighted by Crippen LogP contribution is 2.42. The number of hydrogen-bond acceptors (Lipinski definition) is 4. The first-order chi connectivity index (χ1) is 14.9. The second-order valence-corrected chi connectivity index (χ2v) is 12.5. The van der Waals surface area contributed by atoms with E-state index in [1.165, 1.54) is 4.31 Å². The number of nitrogens with zero attached hydrogens (tertiary/aromatic N) is 3. The number of likely N-dealkylation sites (tertiary alicyclic amines) is 1. The lowest BCUT2D eigenvalue weighted by Crippen LogP contribution is -2.48. The molecule has 1 aromatic carbocycles. The van der Waals surface area contributed by atoms with Gasteiger partial charge in [-0.15, -0.1) is 0 Å². The Balaban J connectivity index is 1.47. The summed E-state index contributed by atoms with van der Waals surface area (Å²) in [5.41, 5.74) is 0.746. The van der Waals surface area contributed by atoms with Crippen LogP contribution in [0, 0.1) is 17.8 Å². The average molecular weight is 462 g/mol. The summed E-state index contributed by atoms with van der Waals surface area (Å²) >= 11 is 0. The van der Waals surface area contributed by atoms with E-state index < -0.39 is 15.4 Å². The second-order valence-electron chi connectivity index (χ2n) is 10.5. The summed E-state index contributed by atoms with van der Waals surface area (Å²) < 4.78 is 28.2. The van der Waals surface area contributed by atoms with Gasteiger partial charge in [0.15, 0.2) is 0 Å². The maximum absolute atomic E-state index is 13.4. The van der Waals surface area contributed by atoms with Gasteiger partial charge in [-0.2, -0.15) is 4.31 Å². The van der Waals surface area contributed by atoms with Crippen LogP contribution >= 0.6 is 0 Å². The molecule has 8 heteroatoms. The van der Waals surface area contributed by atoms with Crippen molar-refractivity contribution in [1.82, 2.24) is 9.21 Å². The SMILES string of the molecule is CC1CC(C)CN(C(=O)C2CCN(S(=O)(=O)c3ccc4c(c3)C(C)(C)C(=O)N4C)CC2)C1. The van der Waals surface area contributed by atoms with E-state index in [0.717, 1.165) is 30.8 Å². The number of rotatable bonds is 3. The van der Waals surface area contributed by atoms with Gasteiger partial charge in [0.05, 0.1) is 10.3 Å².